The molecular weight excluding hydrogens is 258 g/mol. The van der Waals surface area contributed by atoms with Gasteiger partial charge in [-0.3, -0.25) is 0 Å². The lowest BCUT2D eigenvalue weighted by Crippen LogP contribution is -2.30. The molecule has 1 aliphatic heterocycles. The molecule has 0 aromatic heterocycles. The Labute approximate surface area is 126 Å². The molecule has 3 unspecified atom stereocenters. The van der Waals surface area contributed by atoms with Crippen LogP contribution in [0.5, 0.6) is 5.75 Å². The van der Waals surface area contributed by atoms with Crippen LogP contribution >= 0.6 is 0 Å². The molecule has 3 rings (SSSR count). The number of rotatable bonds is 4. The summed E-state index contributed by atoms with van der Waals surface area (Å²) in [6.45, 7) is 3.03. The van der Waals surface area contributed by atoms with Crippen LogP contribution in [-0.2, 0) is 0 Å². The molecule has 1 heterocycles. The molecule has 0 aliphatic carbocycles. The van der Waals surface area contributed by atoms with E-state index in [2.05, 4.69) is 55.5 Å². The highest BCUT2D eigenvalue weighted by molar-refractivity contribution is 5.38. The van der Waals surface area contributed by atoms with Crippen LogP contribution in [0.2, 0.25) is 0 Å². The number of benzene rings is 2. The molecule has 21 heavy (non-hydrogen) atoms. The second kappa shape index (κ2) is 6.31. The molecule has 0 saturated carbocycles. The van der Waals surface area contributed by atoms with E-state index in [4.69, 9.17) is 10.5 Å². The number of hydrogen-bond acceptors (Lipinski definition) is 2. The Kier molecular flexibility index (Phi) is 4.26. The average Bonchev–Trinajstić information content (AvgIpc) is 2.55. The maximum Gasteiger partial charge on any atom is 0.122 e. The van der Waals surface area contributed by atoms with E-state index in [1.165, 1.54) is 11.1 Å². The third-order valence-corrected chi connectivity index (χ3v) is 4.61. The van der Waals surface area contributed by atoms with Crippen molar-refractivity contribution < 1.29 is 4.74 Å². The monoisotopic (exact) mass is 281 g/mol. The lowest BCUT2D eigenvalue weighted by atomic mass is 9.82. The Morgan fingerprint density at radius 3 is 2.62 bits per heavy atom. The number of ether oxygens (including phenoxy) is 1. The molecule has 2 heteroatoms. The predicted molar refractivity (Wildman–Crippen MR) is 86.7 cm³/mol. The zero-order chi connectivity index (χ0) is 14.7. The molecule has 0 radical (unpaired) electrons. The zero-order valence-corrected chi connectivity index (χ0v) is 12.5. The third kappa shape index (κ3) is 3.11. The normalized spacial score (nSPS) is 20.2. The molecule has 2 aromatic rings. The minimum absolute atomic E-state index is 0.170. The average molecular weight is 281 g/mol. The van der Waals surface area contributed by atoms with Gasteiger partial charge < -0.3 is 10.5 Å². The van der Waals surface area contributed by atoms with E-state index in [1.54, 1.807) is 0 Å². The van der Waals surface area contributed by atoms with E-state index in [-0.39, 0.29) is 6.04 Å². The van der Waals surface area contributed by atoms with Gasteiger partial charge in [-0.2, -0.15) is 0 Å². The van der Waals surface area contributed by atoms with Crippen molar-refractivity contribution in [2.75, 3.05) is 6.61 Å². The Balaban J connectivity index is 1.72. The van der Waals surface area contributed by atoms with E-state index in [9.17, 15) is 0 Å². The second-order valence-corrected chi connectivity index (χ2v) is 5.97. The smallest absolute Gasteiger partial charge is 0.122 e. The summed E-state index contributed by atoms with van der Waals surface area (Å²) in [6, 6.07) is 19.1. The van der Waals surface area contributed by atoms with Gasteiger partial charge in [0.1, 0.15) is 5.75 Å². The van der Waals surface area contributed by atoms with Crippen molar-refractivity contribution in [1.82, 2.24) is 0 Å². The second-order valence-electron chi connectivity index (χ2n) is 5.97. The molecule has 3 atom stereocenters. The van der Waals surface area contributed by atoms with Crippen LogP contribution in [0.15, 0.2) is 54.6 Å². The maximum absolute atomic E-state index is 6.50. The van der Waals surface area contributed by atoms with Crippen LogP contribution in [0.25, 0.3) is 0 Å². The van der Waals surface area contributed by atoms with Gasteiger partial charge in [-0.1, -0.05) is 55.5 Å². The van der Waals surface area contributed by atoms with Crippen LogP contribution in [0.3, 0.4) is 0 Å². The van der Waals surface area contributed by atoms with Gasteiger partial charge in [-0.25, -0.2) is 0 Å². The Morgan fingerprint density at radius 2 is 1.81 bits per heavy atom. The minimum atomic E-state index is 0.170. The SMILES string of the molecule is CC(c1ccccc1)C(N)CC1CCOc2ccccc21. The first-order chi connectivity index (χ1) is 10.3. The Bertz CT molecular complexity index is 581. The highest BCUT2D eigenvalue weighted by Crippen LogP contribution is 2.37. The number of fused-ring (bicyclic) bond motifs is 1. The summed E-state index contributed by atoms with van der Waals surface area (Å²) in [6.07, 6.45) is 2.07. The van der Waals surface area contributed by atoms with E-state index in [0.717, 1.165) is 25.2 Å². The Hall–Kier alpha value is -1.80. The van der Waals surface area contributed by atoms with Crippen LogP contribution in [0.1, 0.15) is 42.7 Å². The maximum atomic E-state index is 6.50. The molecule has 0 amide bonds. The summed E-state index contributed by atoms with van der Waals surface area (Å²) in [5.74, 6) is 1.92. The first-order valence-electron chi connectivity index (χ1n) is 7.78. The molecule has 0 fully saturated rings. The third-order valence-electron chi connectivity index (χ3n) is 4.61. The van der Waals surface area contributed by atoms with Crippen molar-refractivity contribution in [1.29, 1.82) is 0 Å². The summed E-state index contributed by atoms with van der Waals surface area (Å²) in [4.78, 5) is 0. The summed E-state index contributed by atoms with van der Waals surface area (Å²) in [5.41, 5.74) is 9.14. The van der Waals surface area contributed by atoms with Gasteiger partial charge in [0.25, 0.3) is 0 Å². The highest BCUT2D eigenvalue weighted by Gasteiger charge is 2.25. The molecule has 0 saturated heterocycles. The largest absolute Gasteiger partial charge is 0.493 e. The van der Waals surface area contributed by atoms with E-state index in [0.29, 0.717) is 11.8 Å². The van der Waals surface area contributed by atoms with Gasteiger partial charge in [-0.05, 0) is 41.9 Å². The van der Waals surface area contributed by atoms with Gasteiger partial charge in [0, 0.05) is 6.04 Å². The minimum Gasteiger partial charge on any atom is -0.493 e. The fourth-order valence-corrected chi connectivity index (χ4v) is 3.20. The predicted octanol–water partition coefficient (Wildman–Crippen LogP) is 4.07. The molecule has 2 aromatic carbocycles. The number of nitrogens with two attached hydrogens (primary N) is 1. The fourth-order valence-electron chi connectivity index (χ4n) is 3.20. The van der Waals surface area contributed by atoms with Gasteiger partial charge in [-0.15, -0.1) is 0 Å². The number of para-hydroxylation sites is 1. The van der Waals surface area contributed by atoms with Crippen LogP contribution in [0, 0.1) is 0 Å². The first-order valence-corrected chi connectivity index (χ1v) is 7.78. The van der Waals surface area contributed by atoms with Crippen molar-refractivity contribution in [2.45, 2.75) is 37.6 Å². The van der Waals surface area contributed by atoms with Gasteiger partial charge >= 0.3 is 0 Å². The standard InChI is InChI=1S/C19H23NO/c1-14(15-7-3-2-4-8-15)18(20)13-16-11-12-21-19-10-6-5-9-17(16)19/h2-10,14,16,18H,11-13,20H2,1H3. The zero-order valence-electron chi connectivity index (χ0n) is 12.5. The molecular formula is C19H23NO. The van der Waals surface area contributed by atoms with Crippen molar-refractivity contribution in [3.8, 4) is 5.75 Å². The van der Waals surface area contributed by atoms with Crippen molar-refractivity contribution >= 4 is 0 Å². The van der Waals surface area contributed by atoms with Gasteiger partial charge in [0.05, 0.1) is 6.61 Å². The molecule has 2 N–H and O–H groups in total. The van der Waals surface area contributed by atoms with Crippen molar-refractivity contribution in [2.24, 2.45) is 5.73 Å². The van der Waals surface area contributed by atoms with Gasteiger partial charge in [0.15, 0.2) is 0 Å². The van der Waals surface area contributed by atoms with E-state index >= 15 is 0 Å². The van der Waals surface area contributed by atoms with Crippen LogP contribution < -0.4 is 10.5 Å². The summed E-state index contributed by atoms with van der Waals surface area (Å²) >= 11 is 0. The van der Waals surface area contributed by atoms with Crippen LogP contribution in [0.4, 0.5) is 0 Å². The quantitative estimate of drug-likeness (QED) is 0.916. The topological polar surface area (TPSA) is 35.2 Å². The summed E-state index contributed by atoms with van der Waals surface area (Å²) < 4.78 is 5.74. The lowest BCUT2D eigenvalue weighted by Gasteiger charge is -2.30. The van der Waals surface area contributed by atoms with Crippen LogP contribution in [-0.4, -0.2) is 12.6 Å². The van der Waals surface area contributed by atoms with E-state index < -0.39 is 0 Å². The van der Waals surface area contributed by atoms with Crippen molar-refractivity contribution in [3.05, 3.63) is 65.7 Å². The van der Waals surface area contributed by atoms with E-state index in [1.807, 2.05) is 6.07 Å². The van der Waals surface area contributed by atoms with Gasteiger partial charge in [0.2, 0.25) is 0 Å². The summed E-state index contributed by atoms with van der Waals surface area (Å²) in [7, 11) is 0. The molecule has 1 aliphatic rings. The lowest BCUT2D eigenvalue weighted by molar-refractivity contribution is 0.256. The Morgan fingerprint density at radius 1 is 1.10 bits per heavy atom. The first kappa shape index (κ1) is 14.2. The highest BCUT2D eigenvalue weighted by atomic mass is 16.5. The summed E-state index contributed by atoms with van der Waals surface area (Å²) in [5, 5.41) is 0. The van der Waals surface area contributed by atoms with Crippen molar-refractivity contribution in [3.63, 3.8) is 0 Å². The molecule has 2 nitrogen and oxygen atoms in total. The number of hydrogen-bond donors (Lipinski definition) is 1. The fraction of sp³-hybridized carbons (Fsp3) is 0.368. The molecule has 0 bridgehead atoms. The molecule has 110 valence electrons. The molecule has 0 spiro atoms.